The molecule has 0 saturated carbocycles. The average Bonchev–Trinajstić information content (AvgIpc) is 2.24. The van der Waals surface area contributed by atoms with Crippen molar-refractivity contribution in [1.82, 2.24) is 10.3 Å². The van der Waals surface area contributed by atoms with Gasteiger partial charge in [-0.25, -0.2) is 9.37 Å². The van der Waals surface area contributed by atoms with E-state index in [1.54, 1.807) is 0 Å². The Morgan fingerprint density at radius 2 is 2.33 bits per heavy atom. The molecular weight excluding hydrogens is 261 g/mol. The number of hydrogen-bond donors (Lipinski definition) is 3. The Bertz CT molecular complexity index is 448. The maximum absolute atomic E-state index is 13.4. The molecule has 18 heavy (non-hydrogen) atoms. The lowest BCUT2D eigenvalue weighted by Gasteiger charge is -2.22. The third-order valence-corrected chi connectivity index (χ3v) is 2.56. The summed E-state index contributed by atoms with van der Waals surface area (Å²) in [7, 11) is 0. The Hall–Kier alpha value is -1.40. The highest BCUT2D eigenvalue weighted by molar-refractivity contribution is 6.29. The molecule has 0 spiro atoms. The molecule has 0 fully saturated rings. The minimum absolute atomic E-state index is 0.113. The number of aromatic nitrogens is 1. The van der Waals surface area contributed by atoms with Gasteiger partial charge in [0.2, 0.25) is 0 Å². The van der Waals surface area contributed by atoms with Crippen LogP contribution in [-0.4, -0.2) is 34.3 Å². The van der Waals surface area contributed by atoms with Crippen LogP contribution in [0.1, 0.15) is 24.2 Å². The van der Waals surface area contributed by atoms with Crippen LogP contribution in [0.3, 0.4) is 0 Å². The standard InChI is InChI=1S/C11H15ClFN3O2/c1-11(2,18)8(13)5-16-10(17)6-4-15-9(12)3-7(6)14/h3-4,8,18H,5H2,1-2H3,(H2,14,15)(H,16,17)/t8-/m1/s1. The third-order valence-electron chi connectivity index (χ3n) is 2.36. The lowest BCUT2D eigenvalue weighted by atomic mass is 10.0. The van der Waals surface area contributed by atoms with E-state index in [9.17, 15) is 14.3 Å². The molecule has 0 aliphatic carbocycles. The van der Waals surface area contributed by atoms with E-state index in [-0.39, 0.29) is 22.9 Å². The number of carbonyl (C=O) groups excluding carboxylic acids is 1. The molecule has 0 radical (unpaired) electrons. The van der Waals surface area contributed by atoms with Gasteiger partial charge in [-0.3, -0.25) is 4.79 Å². The fourth-order valence-corrected chi connectivity index (χ4v) is 1.33. The number of alkyl halides is 1. The number of anilines is 1. The number of rotatable bonds is 4. The smallest absolute Gasteiger partial charge is 0.255 e. The first-order chi connectivity index (χ1) is 8.21. The van der Waals surface area contributed by atoms with Gasteiger partial charge in [-0.1, -0.05) is 11.6 Å². The van der Waals surface area contributed by atoms with Gasteiger partial charge in [0.25, 0.3) is 5.91 Å². The lowest BCUT2D eigenvalue weighted by Crippen LogP contribution is -2.42. The molecule has 0 unspecified atom stereocenters. The van der Waals surface area contributed by atoms with E-state index in [4.69, 9.17) is 17.3 Å². The SMILES string of the molecule is CC(C)(O)[C@H](F)CNC(=O)c1cnc(Cl)cc1N. The van der Waals surface area contributed by atoms with Crippen molar-refractivity contribution in [3.05, 3.63) is 23.0 Å². The molecule has 1 aromatic rings. The van der Waals surface area contributed by atoms with Crippen LogP contribution in [0.4, 0.5) is 10.1 Å². The molecule has 1 rings (SSSR count). The molecule has 1 aromatic heterocycles. The van der Waals surface area contributed by atoms with Crippen LogP contribution in [0.15, 0.2) is 12.3 Å². The second-order valence-electron chi connectivity index (χ2n) is 4.43. The fraction of sp³-hybridized carbons (Fsp3) is 0.455. The second kappa shape index (κ2) is 5.49. The summed E-state index contributed by atoms with van der Waals surface area (Å²) in [6.07, 6.45) is -0.368. The second-order valence-corrected chi connectivity index (χ2v) is 4.81. The van der Waals surface area contributed by atoms with Crippen molar-refractivity contribution in [3.8, 4) is 0 Å². The Labute approximate surface area is 109 Å². The minimum atomic E-state index is -1.58. The van der Waals surface area contributed by atoms with Gasteiger partial charge in [0.1, 0.15) is 11.3 Å². The molecule has 4 N–H and O–H groups in total. The summed E-state index contributed by atoms with van der Waals surface area (Å²) in [4.78, 5) is 15.4. The Morgan fingerprint density at radius 1 is 1.72 bits per heavy atom. The number of aliphatic hydroxyl groups is 1. The molecule has 1 heterocycles. The van der Waals surface area contributed by atoms with Crippen LogP contribution in [-0.2, 0) is 0 Å². The van der Waals surface area contributed by atoms with Crippen molar-refractivity contribution in [2.75, 3.05) is 12.3 Å². The highest BCUT2D eigenvalue weighted by atomic mass is 35.5. The predicted molar refractivity (Wildman–Crippen MR) is 67.2 cm³/mol. The molecule has 0 bridgehead atoms. The number of halogens is 2. The van der Waals surface area contributed by atoms with Gasteiger partial charge in [0.15, 0.2) is 0 Å². The Balaban J connectivity index is 2.66. The third kappa shape index (κ3) is 3.82. The number of nitrogens with two attached hydrogens (primary N) is 1. The van der Waals surface area contributed by atoms with Crippen LogP contribution >= 0.6 is 11.6 Å². The summed E-state index contributed by atoms with van der Waals surface area (Å²) < 4.78 is 13.4. The lowest BCUT2D eigenvalue weighted by molar-refractivity contribution is -0.00177. The van der Waals surface area contributed by atoms with E-state index in [1.165, 1.54) is 26.1 Å². The summed E-state index contributed by atoms with van der Waals surface area (Å²) in [5.41, 5.74) is 4.34. The zero-order chi connectivity index (χ0) is 13.9. The molecule has 0 saturated heterocycles. The summed E-state index contributed by atoms with van der Waals surface area (Å²) >= 11 is 5.59. The van der Waals surface area contributed by atoms with Crippen molar-refractivity contribution in [2.24, 2.45) is 0 Å². The maximum atomic E-state index is 13.4. The Kier molecular flexibility index (Phi) is 4.48. The van der Waals surface area contributed by atoms with Crippen molar-refractivity contribution in [2.45, 2.75) is 25.6 Å². The van der Waals surface area contributed by atoms with Crippen LogP contribution < -0.4 is 11.1 Å². The zero-order valence-corrected chi connectivity index (χ0v) is 10.8. The molecule has 7 heteroatoms. The summed E-state index contributed by atoms with van der Waals surface area (Å²) in [6.45, 7) is 2.33. The van der Waals surface area contributed by atoms with Gasteiger partial charge >= 0.3 is 0 Å². The quantitative estimate of drug-likeness (QED) is 0.720. The zero-order valence-electron chi connectivity index (χ0n) is 10.1. The molecule has 1 atom stereocenters. The Morgan fingerprint density at radius 3 is 2.83 bits per heavy atom. The monoisotopic (exact) mass is 275 g/mol. The van der Waals surface area contributed by atoms with Crippen molar-refractivity contribution in [1.29, 1.82) is 0 Å². The molecule has 0 aliphatic heterocycles. The van der Waals surface area contributed by atoms with E-state index in [2.05, 4.69) is 10.3 Å². The van der Waals surface area contributed by atoms with E-state index in [0.29, 0.717) is 0 Å². The number of amides is 1. The van der Waals surface area contributed by atoms with Crippen LogP contribution in [0.5, 0.6) is 0 Å². The molecule has 0 aromatic carbocycles. The first-order valence-electron chi connectivity index (χ1n) is 5.27. The predicted octanol–water partition coefficient (Wildman–Crippen LogP) is 1.16. The van der Waals surface area contributed by atoms with Crippen molar-refractivity contribution in [3.63, 3.8) is 0 Å². The van der Waals surface area contributed by atoms with Gasteiger partial charge in [0.05, 0.1) is 17.7 Å². The van der Waals surface area contributed by atoms with Gasteiger partial charge < -0.3 is 16.2 Å². The number of nitrogens with one attached hydrogen (secondary N) is 1. The molecule has 0 aliphatic rings. The summed E-state index contributed by atoms with van der Waals surface area (Å²) in [5, 5.41) is 11.9. The largest absolute Gasteiger partial charge is 0.398 e. The fourth-order valence-electron chi connectivity index (χ4n) is 1.16. The topological polar surface area (TPSA) is 88.2 Å². The highest BCUT2D eigenvalue weighted by Gasteiger charge is 2.27. The first kappa shape index (κ1) is 14.7. The maximum Gasteiger partial charge on any atom is 0.255 e. The number of nitrogens with zero attached hydrogens (tertiary/aromatic N) is 1. The van der Waals surface area contributed by atoms with Gasteiger partial charge in [-0.2, -0.15) is 0 Å². The molecule has 100 valence electrons. The van der Waals surface area contributed by atoms with Gasteiger partial charge in [-0.15, -0.1) is 0 Å². The number of pyridine rings is 1. The number of nitrogen functional groups attached to an aromatic ring is 1. The van der Waals surface area contributed by atoms with Crippen LogP contribution in [0, 0.1) is 0 Å². The van der Waals surface area contributed by atoms with Gasteiger partial charge in [0, 0.05) is 11.9 Å². The van der Waals surface area contributed by atoms with E-state index in [1.807, 2.05) is 0 Å². The summed E-state index contributed by atoms with van der Waals surface area (Å²) in [6, 6.07) is 1.33. The van der Waals surface area contributed by atoms with Gasteiger partial charge in [-0.05, 0) is 19.9 Å². The number of carbonyl (C=O) groups is 1. The minimum Gasteiger partial charge on any atom is -0.398 e. The van der Waals surface area contributed by atoms with Crippen molar-refractivity contribution < 1.29 is 14.3 Å². The normalized spacial score (nSPS) is 13.2. The molecule has 5 nitrogen and oxygen atoms in total. The summed E-state index contributed by atoms with van der Waals surface area (Å²) in [5.74, 6) is -0.566. The van der Waals surface area contributed by atoms with E-state index in [0.717, 1.165) is 0 Å². The van der Waals surface area contributed by atoms with Crippen LogP contribution in [0.2, 0.25) is 5.15 Å². The molecular formula is C11H15ClFN3O2. The first-order valence-corrected chi connectivity index (χ1v) is 5.65. The average molecular weight is 276 g/mol. The van der Waals surface area contributed by atoms with Crippen molar-refractivity contribution >= 4 is 23.2 Å². The van der Waals surface area contributed by atoms with E-state index >= 15 is 0 Å². The van der Waals surface area contributed by atoms with E-state index < -0.39 is 17.7 Å². The number of hydrogen-bond acceptors (Lipinski definition) is 4. The van der Waals surface area contributed by atoms with Crippen LogP contribution in [0.25, 0.3) is 0 Å². The highest BCUT2D eigenvalue weighted by Crippen LogP contribution is 2.15. The molecule has 1 amide bonds.